The molecule has 0 aliphatic heterocycles. The van der Waals surface area contributed by atoms with Gasteiger partial charge in [0.2, 0.25) is 0 Å². The number of benzene rings is 2. The molecule has 0 aliphatic rings. The van der Waals surface area contributed by atoms with Crippen LogP contribution >= 0.6 is 11.6 Å². The number of anilines is 2. The van der Waals surface area contributed by atoms with Gasteiger partial charge in [-0.3, -0.25) is 0 Å². The van der Waals surface area contributed by atoms with E-state index in [1.165, 1.54) is 6.07 Å². The lowest BCUT2D eigenvalue weighted by molar-refractivity contribution is -0.138. The van der Waals surface area contributed by atoms with Gasteiger partial charge in [-0.05, 0) is 29.8 Å². The van der Waals surface area contributed by atoms with E-state index >= 15 is 0 Å². The molecule has 0 bridgehead atoms. The van der Waals surface area contributed by atoms with Crippen LogP contribution < -0.4 is 4.90 Å². The second-order valence-electron chi connectivity index (χ2n) is 4.37. The lowest BCUT2D eigenvalue weighted by Gasteiger charge is -2.22. The van der Waals surface area contributed by atoms with Gasteiger partial charge in [-0.1, -0.05) is 24.3 Å². The van der Waals surface area contributed by atoms with Crippen LogP contribution in [0, 0.1) is 0 Å². The Hall–Kier alpha value is -1.68. The molecule has 20 heavy (non-hydrogen) atoms. The van der Waals surface area contributed by atoms with Crippen molar-refractivity contribution in [3.63, 3.8) is 0 Å². The Bertz CT molecular complexity index is 581. The minimum Gasteiger partial charge on any atom is -0.345 e. The molecule has 0 radical (unpaired) electrons. The Labute approximate surface area is 120 Å². The normalized spacial score (nSPS) is 11.4. The van der Waals surface area contributed by atoms with Crippen molar-refractivity contribution in [3.05, 3.63) is 59.7 Å². The Kier molecular flexibility index (Phi) is 4.23. The van der Waals surface area contributed by atoms with Crippen LogP contribution in [0.4, 0.5) is 24.5 Å². The zero-order chi connectivity index (χ0) is 14.8. The summed E-state index contributed by atoms with van der Waals surface area (Å²) in [6.45, 7) is 0. The highest BCUT2D eigenvalue weighted by molar-refractivity contribution is 6.17. The fourth-order valence-electron chi connectivity index (χ4n) is 1.95. The summed E-state index contributed by atoms with van der Waals surface area (Å²) in [5.41, 5.74) is 0.689. The van der Waals surface area contributed by atoms with Crippen LogP contribution in [0.2, 0.25) is 0 Å². The third kappa shape index (κ3) is 3.07. The van der Waals surface area contributed by atoms with Gasteiger partial charge in [0.15, 0.2) is 0 Å². The second kappa shape index (κ2) is 5.75. The van der Waals surface area contributed by atoms with Crippen LogP contribution in [0.5, 0.6) is 0 Å². The second-order valence-corrected chi connectivity index (χ2v) is 4.63. The maximum atomic E-state index is 13.0. The number of para-hydroxylation sites is 1. The first-order valence-corrected chi connectivity index (χ1v) is 6.52. The minimum absolute atomic E-state index is 0.0874. The first kappa shape index (κ1) is 14.7. The van der Waals surface area contributed by atoms with Crippen LogP contribution in [-0.4, -0.2) is 7.05 Å². The number of nitrogens with zero attached hydrogens (tertiary/aromatic N) is 1. The first-order chi connectivity index (χ1) is 9.43. The molecule has 2 aromatic rings. The summed E-state index contributed by atoms with van der Waals surface area (Å²) in [6, 6.07) is 13.4. The van der Waals surface area contributed by atoms with Gasteiger partial charge in [0, 0.05) is 24.3 Å². The summed E-state index contributed by atoms with van der Waals surface area (Å²) in [6.07, 6.45) is -4.40. The van der Waals surface area contributed by atoms with Crippen molar-refractivity contribution in [2.24, 2.45) is 0 Å². The van der Waals surface area contributed by atoms with Gasteiger partial charge in [0.1, 0.15) is 0 Å². The third-order valence-electron chi connectivity index (χ3n) is 3.07. The molecule has 0 saturated heterocycles. The number of rotatable bonds is 3. The van der Waals surface area contributed by atoms with Crippen molar-refractivity contribution in [1.29, 1.82) is 0 Å². The van der Waals surface area contributed by atoms with Gasteiger partial charge in [0.05, 0.1) is 5.56 Å². The quantitative estimate of drug-likeness (QED) is 0.703. The highest BCUT2D eigenvalue weighted by Crippen LogP contribution is 2.36. The molecule has 0 heterocycles. The molecule has 0 atom stereocenters. The Morgan fingerprint density at radius 3 is 2.20 bits per heavy atom. The Morgan fingerprint density at radius 1 is 1.00 bits per heavy atom. The highest BCUT2D eigenvalue weighted by Gasteiger charge is 2.33. The van der Waals surface area contributed by atoms with Crippen LogP contribution in [0.15, 0.2) is 48.5 Å². The first-order valence-electron chi connectivity index (χ1n) is 5.98. The summed E-state index contributed by atoms with van der Waals surface area (Å²) in [7, 11) is 1.73. The molecule has 0 fully saturated rings. The number of alkyl halides is 4. The topological polar surface area (TPSA) is 3.24 Å². The molecule has 0 aliphatic carbocycles. The number of hydrogen-bond donors (Lipinski definition) is 0. The van der Waals surface area contributed by atoms with E-state index in [-0.39, 0.29) is 11.4 Å². The zero-order valence-electron chi connectivity index (χ0n) is 10.8. The van der Waals surface area contributed by atoms with Gasteiger partial charge in [-0.25, -0.2) is 0 Å². The highest BCUT2D eigenvalue weighted by atomic mass is 35.5. The van der Waals surface area contributed by atoms with Gasteiger partial charge >= 0.3 is 6.18 Å². The van der Waals surface area contributed by atoms with Crippen LogP contribution in [0.25, 0.3) is 0 Å². The van der Waals surface area contributed by atoms with E-state index in [1.54, 1.807) is 18.0 Å². The van der Waals surface area contributed by atoms with Gasteiger partial charge in [-0.15, -0.1) is 11.6 Å². The van der Waals surface area contributed by atoms with Crippen LogP contribution in [-0.2, 0) is 12.1 Å². The zero-order valence-corrected chi connectivity index (χ0v) is 11.5. The standard InChI is InChI=1S/C15H13ClF3N/c1-20(12-5-3-2-4-6-12)13-8-7-11(10-16)14(9-13)15(17,18)19/h2-9H,10H2,1H3. The fraction of sp³-hybridized carbons (Fsp3) is 0.200. The van der Waals surface area contributed by atoms with E-state index in [0.29, 0.717) is 5.69 Å². The fourth-order valence-corrected chi connectivity index (χ4v) is 2.19. The molecule has 0 saturated carbocycles. The van der Waals surface area contributed by atoms with Gasteiger partial charge in [0.25, 0.3) is 0 Å². The van der Waals surface area contributed by atoms with E-state index in [2.05, 4.69) is 0 Å². The molecule has 1 nitrogen and oxygen atoms in total. The molecular formula is C15H13ClF3N. The van der Waals surface area contributed by atoms with Crippen LogP contribution in [0.3, 0.4) is 0 Å². The molecule has 2 aromatic carbocycles. The van der Waals surface area contributed by atoms with Crippen LogP contribution in [0.1, 0.15) is 11.1 Å². The summed E-state index contributed by atoms with van der Waals surface area (Å²) in [5.74, 6) is -0.163. The van der Waals surface area contributed by atoms with E-state index in [4.69, 9.17) is 11.6 Å². The maximum Gasteiger partial charge on any atom is 0.416 e. The minimum atomic E-state index is -4.40. The molecule has 0 N–H and O–H groups in total. The van der Waals surface area contributed by atoms with E-state index in [0.717, 1.165) is 11.8 Å². The molecular weight excluding hydrogens is 287 g/mol. The van der Waals surface area contributed by atoms with Crippen molar-refractivity contribution in [3.8, 4) is 0 Å². The van der Waals surface area contributed by atoms with Gasteiger partial charge in [-0.2, -0.15) is 13.2 Å². The van der Waals surface area contributed by atoms with E-state index < -0.39 is 11.7 Å². The largest absolute Gasteiger partial charge is 0.416 e. The van der Waals surface area contributed by atoms with E-state index in [9.17, 15) is 13.2 Å². The molecule has 106 valence electrons. The lowest BCUT2D eigenvalue weighted by atomic mass is 10.1. The molecule has 0 amide bonds. The predicted molar refractivity (Wildman–Crippen MR) is 75.5 cm³/mol. The molecule has 0 aromatic heterocycles. The summed E-state index contributed by atoms with van der Waals surface area (Å²) >= 11 is 5.57. The number of halogens is 4. The lowest BCUT2D eigenvalue weighted by Crippen LogP contribution is -2.13. The smallest absolute Gasteiger partial charge is 0.345 e. The summed E-state index contributed by atoms with van der Waals surface area (Å²) in [5, 5.41) is 0. The van der Waals surface area contributed by atoms with Crippen molar-refractivity contribution < 1.29 is 13.2 Å². The molecule has 0 spiro atoms. The predicted octanol–water partition coefficient (Wildman–Crippen LogP) is 5.21. The van der Waals surface area contributed by atoms with E-state index in [1.807, 2.05) is 30.3 Å². The SMILES string of the molecule is CN(c1ccccc1)c1ccc(CCl)c(C(F)(F)F)c1. The summed E-state index contributed by atoms with van der Waals surface area (Å²) in [4.78, 5) is 1.70. The molecule has 2 rings (SSSR count). The third-order valence-corrected chi connectivity index (χ3v) is 3.36. The van der Waals surface area contributed by atoms with Gasteiger partial charge < -0.3 is 4.90 Å². The molecule has 5 heteroatoms. The average molecular weight is 300 g/mol. The number of hydrogen-bond acceptors (Lipinski definition) is 1. The Morgan fingerprint density at radius 2 is 1.65 bits per heavy atom. The Balaban J connectivity index is 2.44. The van der Waals surface area contributed by atoms with Crippen molar-refractivity contribution in [2.45, 2.75) is 12.1 Å². The van der Waals surface area contributed by atoms with Crippen molar-refractivity contribution in [1.82, 2.24) is 0 Å². The molecule has 0 unspecified atom stereocenters. The van der Waals surface area contributed by atoms with Crippen molar-refractivity contribution in [2.75, 3.05) is 11.9 Å². The monoisotopic (exact) mass is 299 g/mol. The summed E-state index contributed by atoms with van der Waals surface area (Å²) < 4.78 is 39.0. The average Bonchev–Trinajstić information content (AvgIpc) is 2.46. The van der Waals surface area contributed by atoms with Crippen molar-refractivity contribution >= 4 is 23.0 Å². The maximum absolute atomic E-state index is 13.0.